The summed E-state index contributed by atoms with van der Waals surface area (Å²) in [6.45, 7) is 1.11. The molecular formula is C6H6ClINOP. The molecule has 0 amide bonds. The fourth-order valence-electron chi connectivity index (χ4n) is 0.602. The SMILES string of the molecule is Clc1ccc(COPI)cn1. The third-order valence-electron chi connectivity index (χ3n) is 1.08. The van der Waals surface area contributed by atoms with Gasteiger partial charge in [0.2, 0.25) is 0 Å². The Balaban J connectivity index is 2.52. The first-order valence-electron chi connectivity index (χ1n) is 2.91. The lowest BCUT2D eigenvalue weighted by Crippen LogP contribution is -1.84. The van der Waals surface area contributed by atoms with Crippen molar-refractivity contribution < 1.29 is 4.52 Å². The van der Waals surface area contributed by atoms with Gasteiger partial charge in [0.15, 0.2) is 0 Å². The summed E-state index contributed by atoms with van der Waals surface area (Å²) >= 11 is 7.77. The number of halogens is 2. The molecule has 0 aliphatic carbocycles. The van der Waals surface area contributed by atoms with Crippen molar-refractivity contribution in [2.75, 3.05) is 0 Å². The van der Waals surface area contributed by atoms with E-state index in [2.05, 4.69) is 27.0 Å². The van der Waals surface area contributed by atoms with Crippen LogP contribution in [-0.4, -0.2) is 4.98 Å². The third-order valence-corrected chi connectivity index (χ3v) is 2.49. The molecule has 0 N–H and O–H groups in total. The summed E-state index contributed by atoms with van der Waals surface area (Å²) in [5, 5.41) is 0.519. The molecule has 0 bridgehead atoms. The highest BCUT2D eigenvalue weighted by Gasteiger charge is 1.92. The lowest BCUT2D eigenvalue weighted by atomic mass is 10.3. The topological polar surface area (TPSA) is 22.1 Å². The van der Waals surface area contributed by atoms with Gasteiger partial charge in [0.1, 0.15) is 5.15 Å². The van der Waals surface area contributed by atoms with Gasteiger partial charge in [0.25, 0.3) is 0 Å². The van der Waals surface area contributed by atoms with E-state index in [0.29, 0.717) is 18.2 Å². The molecule has 0 radical (unpaired) electrons. The maximum absolute atomic E-state index is 5.59. The first-order valence-corrected chi connectivity index (χ1v) is 7.31. The summed E-state index contributed by atoms with van der Waals surface area (Å²) in [4.78, 5) is 3.92. The third kappa shape index (κ3) is 3.65. The van der Waals surface area contributed by atoms with Gasteiger partial charge < -0.3 is 4.52 Å². The van der Waals surface area contributed by atoms with Crippen LogP contribution in [-0.2, 0) is 11.1 Å². The van der Waals surface area contributed by atoms with Gasteiger partial charge in [0, 0.05) is 6.20 Å². The van der Waals surface area contributed by atoms with Crippen LogP contribution in [0.4, 0.5) is 0 Å². The van der Waals surface area contributed by atoms with E-state index in [4.69, 9.17) is 16.1 Å². The van der Waals surface area contributed by atoms with E-state index in [1.165, 1.54) is 0 Å². The number of hydrogen-bond acceptors (Lipinski definition) is 2. The van der Waals surface area contributed by atoms with Gasteiger partial charge in [-0.1, -0.05) is 17.7 Å². The fourth-order valence-corrected chi connectivity index (χ4v) is 1.40. The summed E-state index contributed by atoms with van der Waals surface area (Å²) in [6.07, 6.45) is 1.72. The van der Waals surface area contributed by atoms with Crippen LogP contribution in [0.1, 0.15) is 5.56 Å². The van der Waals surface area contributed by atoms with Crippen molar-refractivity contribution in [3.8, 4) is 0 Å². The van der Waals surface area contributed by atoms with E-state index in [9.17, 15) is 0 Å². The molecule has 1 aromatic heterocycles. The van der Waals surface area contributed by atoms with Crippen molar-refractivity contribution >= 4 is 40.1 Å². The molecule has 0 saturated heterocycles. The molecule has 0 saturated carbocycles. The molecular weight excluding hydrogens is 295 g/mol. The van der Waals surface area contributed by atoms with E-state index in [1.807, 2.05) is 6.07 Å². The van der Waals surface area contributed by atoms with Crippen LogP contribution >= 0.6 is 40.1 Å². The molecule has 5 heteroatoms. The normalized spacial score (nSPS) is 11.1. The van der Waals surface area contributed by atoms with Crippen LogP contribution in [0.3, 0.4) is 0 Å². The molecule has 1 heterocycles. The second-order valence-electron chi connectivity index (χ2n) is 1.85. The van der Waals surface area contributed by atoms with Crippen molar-refractivity contribution in [2.24, 2.45) is 0 Å². The molecule has 0 aliphatic heterocycles. The molecule has 1 unspecified atom stereocenters. The Labute approximate surface area is 85.0 Å². The highest BCUT2D eigenvalue weighted by atomic mass is 127. The smallest absolute Gasteiger partial charge is 0.129 e. The van der Waals surface area contributed by atoms with Crippen molar-refractivity contribution in [3.05, 3.63) is 29.0 Å². The highest BCUT2D eigenvalue weighted by molar-refractivity contribution is 14.2. The van der Waals surface area contributed by atoms with Crippen LogP contribution in [0.5, 0.6) is 0 Å². The van der Waals surface area contributed by atoms with Gasteiger partial charge in [-0.15, -0.1) is 0 Å². The monoisotopic (exact) mass is 301 g/mol. The van der Waals surface area contributed by atoms with Gasteiger partial charge in [0.05, 0.1) is 13.1 Å². The quantitative estimate of drug-likeness (QED) is 0.486. The average Bonchev–Trinajstić information content (AvgIpc) is 2.04. The van der Waals surface area contributed by atoms with E-state index in [0.717, 1.165) is 5.56 Å². The second kappa shape index (κ2) is 5.25. The molecule has 0 aliphatic rings. The zero-order chi connectivity index (χ0) is 8.10. The molecule has 1 rings (SSSR count). The number of aromatic nitrogens is 1. The number of hydrogen-bond donors (Lipinski definition) is 0. The van der Waals surface area contributed by atoms with Gasteiger partial charge in [-0.3, -0.25) is 0 Å². The van der Waals surface area contributed by atoms with Crippen molar-refractivity contribution in [3.63, 3.8) is 0 Å². The summed E-state index contributed by atoms with van der Waals surface area (Å²) in [5.74, 6) is 0. The van der Waals surface area contributed by atoms with Gasteiger partial charge in [-0.05, 0) is 33.7 Å². The minimum atomic E-state index is 0.490. The van der Waals surface area contributed by atoms with Crippen molar-refractivity contribution in [2.45, 2.75) is 6.61 Å². The van der Waals surface area contributed by atoms with Crippen LogP contribution in [0.25, 0.3) is 0 Å². The lowest BCUT2D eigenvalue weighted by molar-refractivity contribution is 0.360. The second-order valence-corrected chi connectivity index (χ2v) is 4.01. The molecule has 2 nitrogen and oxygen atoms in total. The van der Waals surface area contributed by atoms with E-state index < -0.39 is 0 Å². The largest absolute Gasteiger partial charge is 0.347 e. The summed E-state index contributed by atoms with van der Waals surface area (Å²) < 4.78 is 5.19. The minimum absolute atomic E-state index is 0.490. The van der Waals surface area contributed by atoms with Crippen molar-refractivity contribution in [1.29, 1.82) is 0 Å². The Kier molecular flexibility index (Phi) is 4.60. The molecule has 1 atom stereocenters. The zero-order valence-electron chi connectivity index (χ0n) is 5.55. The maximum Gasteiger partial charge on any atom is 0.129 e. The van der Waals surface area contributed by atoms with Crippen LogP contribution in [0.15, 0.2) is 18.3 Å². The van der Waals surface area contributed by atoms with Crippen molar-refractivity contribution in [1.82, 2.24) is 4.98 Å². The number of nitrogens with zero attached hydrogens (tertiary/aromatic N) is 1. The Morgan fingerprint density at radius 2 is 2.45 bits per heavy atom. The zero-order valence-corrected chi connectivity index (χ0v) is 9.46. The molecule has 0 spiro atoms. The minimum Gasteiger partial charge on any atom is -0.347 e. The van der Waals surface area contributed by atoms with Gasteiger partial charge in [-0.25, -0.2) is 4.98 Å². The predicted molar refractivity (Wildman–Crippen MR) is 56.4 cm³/mol. The first-order chi connectivity index (χ1) is 5.33. The lowest BCUT2D eigenvalue weighted by Gasteiger charge is -1.98. The fraction of sp³-hybridized carbons (Fsp3) is 0.167. The van der Waals surface area contributed by atoms with Crippen LogP contribution in [0.2, 0.25) is 5.15 Å². The highest BCUT2D eigenvalue weighted by Crippen LogP contribution is 2.23. The number of rotatable bonds is 3. The standard InChI is InChI=1S/C6H6ClINOP/c7-6-2-1-5(3-9-6)4-10-11-8/h1-3,11H,4H2. The molecule has 11 heavy (non-hydrogen) atoms. The Morgan fingerprint density at radius 1 is 1.64 bits per heavy atom. The van der Waals surface area contributed by atoms with Gasteiger partial charge >= 0.3 is 0 Å². The Bertz CT molecular complexity index is 218. The number of pyridine rings is 1. The summed E-state index contributed by atoms with van der Waals surface area (Å²) in [6, 6.07) is 3.67. The molecule has 1 aromatic rings. The average molecular weight is 301 g/mol. The summed E-state index contributed by atoms with van der Waals surface area (Å²) in [7, 11) is 0. The Morgan fingerprint density at radius 3 is 3.00 bits per heavy atom. The van der Waals surface area contributed by atoms with Crippen LogP contribution < -0.4 is 0 Å². The molecule has 0 aromatic carbocycles. The Hall–Kier alpha value is 0.560. The van der Waals surface area contributed by atoms with E-state index in [-0.39, 0.29) is 0 Å². The maximum atomic E-state index is 5.59. The first kappa shape index (κ1) is 9.65. The van der Waals surface area contributed by atoms with E-state index >= 15 is 0 Å². The van der Waals surface area contributed by atoms with Gasteiger partial charge in [-0.2, -0.15) is 0 Å². The van der Waals surface area contributed by atoms with E-state index in [1.54, 1.807) is 12.3 Å². The predicted octanol–water partition coefficient (Wildman–Crippen LogP) is 3.20. The molecule has 60 valence electrons. The van der Waals surface area contributed by atoms with Crippen LogP contribution in [0, 0.1) is 0 Å². The summed E-state index contributed by atoms with van der Waals surface area (Å²) in [5.41, 5.74) is 1.05. The molecule has 0 fully saturated rings.